The van der Waals surface area contributed by atoms with Crippen LogP contribution in [-0.2, 0) is 10.9 Å². The molecular weight excluding hydrogens is 323 g/mol. The van der Waals surface area contributed by atoms with Gasteiger partial charge in [-0.2, -0.15) is 13.2 Å². The Bertz CT molecular complexity index is 685. The number of rotatable bonds is 5. The van der Waals surface area contributed by atoms with Crippen LogP contribution in [0.5, 0.6) is 0 Å². The van der Waals surface area contributed by atoms with Crippen molar-refractivity contribution in [1.29, 1.82) is 0 Å². The van der Waals surface area contributed by atoms with Crippen LogP contribution < -0.4 is 5.32 Å². The number of hydrogen-bond donors (Lipinski definition) is 1. The Morgan fingerprint density at radius 3 is 2.33 bits per heavy atom. The molecule has 1 aromatic heterocycles. The highest BCUT2D eigenvalue weighted by Gasteiger charge is 2.30. The first-order valence-electron chi connectivity index (χ1n) is 7.14. The molecule has 0 saturated carbocycles. The normalized spacial score (nSPS) is 12.5. The van der Waals surface area contributed by atoms with Gasteiger partial charge in [0.1, 0.15) is 5.82 Å². The molecule has 0 amide bonds. The van der Waals surface area contributed by atoms with Crippen LogP contribution in [0.25, 0.3) is 0 Å². The molecule has 2 aromatic rings. The van der Waals surface area contributed by atoms with Gasteiger partial charge in [-0.3, -0.25) is 0 Å². The third-order valence-electron chi connectivity index (χ3n) is 3.46. The Labute approximate surface area is 136 Å². The summed E-state index contributed by atoms with van der Waals surface area (Å²) >= 11 is 0. The molecule has 1 atom stereocenters. The minimum Gasteiger partial charge on any atom is -0.464 e. The minimum absolute atomic E-state index is 0.0330. The zero-order chi connectivity index (χ0) is 17.7. The summed E-state index contributed by atoms with van der Waals surface area (Å²) < 4.78 is 42.2. The third kappa shape index (κ3) is 4.43. The van der Waals surface area contributed by atoms with Crippen molar-refractivity contribution in [3.63, 3.8) is 0 Å². The number of methoxy groups -OCH3 is 1. The van der Waals surface area contributed by atoms with Crippen LogP contribution in [0, 0.1) is 0 Å². The molecule has 0 aliphatic rings. The Morgan fingerprint density at radius 2 is 1.83 bits per heavy atom. The zero-order valence-corrected chi connectivity index (χ0v) is 13.1. The number of benzene rings is 1. The molecule has 0 bridgehead atoms. The van der Waals surface area contributed by atoms with Crippen LogP contribution >= 0.6 is 0 Å². The van der Waals surface area contributed by atoms with Crippen molar-refractivity contribution in [3.8, 4) is 0 Å². The molecule has 0 radical (unpaired) electrons. The molecule has 1 unspecified atom stereocenters. The van der Waals surface area contributed by atoms with Crippen LogP contribution in [0.2, 0.25) is 0 Å². The van der Waals surface area contributed by atoms with Crippen molar-refractivity contribution >= 4 is 11.8 Å². The topological polar surface area (TPSA) is 64.1 Å². The highest BCUT2D eigenvalue weighted by Crippen LogP contribution is 2.30. The second-order valence-electron chi connectivity index (χ2n) is 5.20. The first-order valence-corrected chi connectivity index (χ1v) is 7.14. The summed E-state index contributed by atoms with van der Waals surface area (Å²) in [6, 6.07) is 8.11. The largest absolute Gasteiger partial charge is 0.464 e. The maximum atomic E-state index is 12.5. The van der Waals surface area contributed by atoms with Gasteiger partial charge >= 0.3 is 12.1 Å². The zero-order valence-electron chi connectivity index (χ0n) is 13.1. The Balaban J connectivity index is 1.95. The van der Waals surface area contributed by atoms with Crippen molar-refractivity contribution in [2.24, 2.45) is 0 Å². The quantitative estimate of drug-likeness (QED) is 0.845. The first kappa shape index (κ1) is 17.7. The standard InChI is InChI=1S/C16H16F3N3O2/c1-10(11-3-5-12(6-4-11)16(17,18)19)9-20-14-8-7-13(21-22-14)15(23)24-2/h3-8,10H,9H2,1-2H3,(H,20,22). The molecule has 24 heavy (non-hydrogen) atoms. The molecule has 0 fully saturated rings. The lowest BCUT2D eigenvalue weighted by Gasteiger charge is -2.14. The van der Waals surface area contributed by atoms with Crippen LogP contribution in [0.4, 0.5) is 19.0 Å². The lowest BCUT2D eigenvalue weighted by Crippen LogP contribution is -2.13. The molecule has 1 aromatic carbocycles. The lowest BCUT2D eigenvalue weighted by molar-refractivity contribution is -0.137. The predicted molar refractivity (Wildman–Crippen MR) is 81.7 cm³/mol. The fraction of sp³-hybridized carbons (Fsp3) is 0.312. The average molecular weight is 339 g/mol. The molecule has 0 aliphatic carbocycles. The van der Waals surface area contributed by atoms with E-state index >= 15 is 0 Å². The number of ether oxygens (including phenoxy) is 1. The number of hydrogen-bond acceptors (Lipinski definition) is 5. The molecule has 1 N–H and O–H groups in total. The number of alkyl halides is 3. The van der Waals surface area contributed by atoms with Crippen LogP contribution in [0.1, 0.15) is 34.5 Å². The van der Waals surface area contributed by atoms with E-state index in [0.29, 0.717) is 12.4 Å². The van der Waals surface area contributed by atoms with E-state index in [2.05, 4.69) is 20.3 Å². The number of esters is 1. The van der Waals surface area contributed by atoms with E-state index in [9.17, 15) is 18.0 Å². The van der Waals surface area contributed by atoms with E-state index in [0.717, 1.165) is 17.7 Å². The van der Waals surface area contributed by atoms with Gasteiger partial charge in [-0.15, -0.1) is 10.2 Å². The van der Waals surface area contributed by atoms with E-state index in [1.54, 1.807) is 6.07 Å². The molecule has 8 heteroatoms. The maximum Gasteiger partial charge on any atom is 0.416 e. The van der Waals surface area contributed by atoms with Crippen LogP contribution in [-0.4, -0.2) is 29.8 Å². The number of nitrogens with zero attached hydrogens (tertiary/aromatic N) is 2. The smallest absolute Gasteiger partial charge is 0.416 e. The van der Waals surface area contributed by atoms with Gasteiger partial charge in [0.05, 0.1) is 12.7 Å². The molecule has 5 nitrogen and oxygen atoms in total. The number of aromatic nitrogens is 2. The predicted octanol–water partition coefficient (Wildman–Crippen LogP) is 3.50. The van der Waals surface area contributed by atoms with E-state index in [1.165, 1.54) is 25.3 Å². The summed E-state index contributed by atoms with van der Waals surface area (Å²) in [5.74, 6) is -0.150. The van der Waals surface area contributed by atoms with Gasteiger partial charge in [0.2, 0.25) is 0 Å². The van der Waals surface area contributed by atoms with Gasteiger partial charge in [-0.05, 0) is 35.7 Å². The number of halogens is 3. The van der Waals surface area contributed by atoms with Crippen molar-refractivity contribution in [1.82, 2.24) is 10.2 Å². The van der Waals surface area contributed by atoms with Crippen molar-refractivity contribution < 1.29 is 22.7 Å². The number of nitrogens with one attached hydrogen (secondary N) is 1. The maximum absolute atomic E-state index is 12.5. The van der Waals surface area contributed by atoms with Gasteiger partial charge in [0.25, 0.3) is 0 Å². The Morgan fingerprint density at radius 1 is 1.17 bits per heavy atom. The second-order valence-corrected chi connectivity index (χ2v) is 5.20. The minimum atomic E-state index is -4.34. The molecule has 0 saturated heterocycles. The van der Waals surface area contributed by atoms with Crippen LogP contribution in [0.15, 0.2) is 36.4 Å². The van der Waals surface area contributed by atoms with E-state index in [-0.39, 0.29) is 11.6 Å². The Hall–Kier alpha value is -2.64. The number of anilines is 1. The van der Waals surface area contributed by atoms with Crippen molar-refractivity contribution in [2.45, 2.75) is 19.0 Å². The highest BCUT2D eigenvalue weighted by atomic mass is 19.4. The monoisotopic (exact) mass is 339 g/mol. The van der Waals surface area contributed by atoms with Gasteiger partial charge in [0.15, 0.2) is 5.69 Å². The summed E-state index contributed by atoms with van der Waals surface area (Å²) in [6.07, 6.45) is -4.34. The fourth-order valence-corrected chi connectivity index (χ4v) is 2.02. The highest BCUT2D eigenvalue weighted by molar-refractivity contribution is 5.86. The van der Waals surface area contributed by atoms with Gasteiger partial charge in [0, 0.05) is 6.54 Å². The molecule has 2 rings (SSSR count). The summed E-state index contributed by atoms with van der Waals surface area (Å²) in [5.41, 5.74) is 0.198. The molecule has 1 heterocycles. The third-order valence-corrected chi connectivity index (χ3v) is 3.46. The second kappa shape index (κ2) is 7.29. The molecule has 0 spiro atoms. The molecule has 0 aliphatic heterocycles. The number of carbonyl (C=O) groups is 1. The first-order chi connectivity index (χ1) is 11.3. The van der Waals surface area contributed by atoms with Gasteiger partial charge in [-0.25, -0.2) is 4.79 Å². The summed E-state index contributed by atoms with van der Waals surface area (Å²) in [6.45, 7) is 2.34. The van der Waals surface area contributed by atoms with E-state index < -0.39 is 17.7 Å². The summed E-state index contributed by atoms with van der Waals surface area (Å²) in [5, 5.41) is 10.6. The van der Waals surface area contributed by atoms with Gasteiger partial charge in [-0.1, -0.05) is 19.1 Å². The lowest BCUT2D eigenvalue weighted by atomic mass is 9.99. The fourth-order valence-electron chi connectivity index (χ4n) is 2.02. The average Bonchev–Trinajstić information content (AvgIpc) is 2.58. The van der Waals surface area contributed by atoms with Crippen LogP contribution in [0.3, 0.4) is 0 Å². The Kier molecular flexibility index (Phi) is 5.38. The molecule has 128 valence electrons. The van der Waals surface area contributed by atoms with Gasteiger partial charge < -0.3 is 10.1 Å². The van der Waals surface area contributed by atoms with E-state index in [4.69, 9.17) is 0 Å². The summed E-state index contributed by atoms with van der Waals surface area (Å²) in [4.78, 5) is 11.2. The van der Waals surface area contributed by atoms with Crippen molar-refractivity contribution in [2.75, 3.05) is 19.0 Å². The SMILES string of the molecule is COC(=O)c1ccc(NCC(C)c2ccc(C(F)(F)F)cc2)nn1. The number of carbonyl (C=O) groups excluding carboxylic acids is 1. The van der Waals surface area contributed by atoms with Crippen molar-refractivity contribution in [3.05, 3.63) is 53.2 Å². The molecular formula is C16H16F3N3O2. The summed E-state index contributed by atoms with van der Waals surface area (Å²) in [7, 11) is 1.25. The van der Waals surface area contributed by atoms with E-state index in [1.807, 2.05) is 6.92 Å².